The number of esters is 1. The Morgan fingerprint density at radius 2 is 1.31 bits per heavy atom. The Hall–Kier alpha value is -2.87. The number of carbonyl (C=O) groups excluding carboxylic acids is 1. The van der Waals surface area contributed by atoms with E-state index in [-0.39, 0.29) is 5.97 Å². The van der Waals surface area contributed by atoms with E-state index in [9.17, 15) is 4.79 Å². The van der Waals surface area contributed by atoms with Crippen LogP contribution in [0.1, 0.15) is 51.6 Å². The molecule has 0 aromatic heterocycles. The first kappa shape index (κ1) is 16.6. The summed E-state index contributed by atoms with van der Waals surface area (Å²) in [4.78, 5) is 12.9. The molecule has 0 aliphatic heterocycles. The van der Waals surface area contributed by atoms with Gasteiger partial charge in [0.05, 0.1) is 5.56 Å². The van der Waals surface area contributed by atoms with Gasteiger partial charge in [-0.25, -0.2) is 4.79 Å². The lowest BCUT2D eigenvalue weighted by Gasteiger charge is -2.20. The lowest BCUT2D eigenvalue weighted by atomic mass is 9.90. The summed E-state index contributed by atoms with van der Waals surface area (Å²) < 4.78 is 5.96. The standard InChI is InChI=1S/C24H22O2/c25-24(22-16-15-18-9-7-8-14-21(18)17-22)26-23(19-10-3-1-4-11-19)20-12-5-2-6-13-20/h1-6,10-13,15-17,23H,7-9,14H2. The van der Waals surface area contributed by atoms with Crippen LogP contribution in [0.15, 0.2) is 78.9 Å². The molecule has 0 amide bonds. The second-order valence-corrected chi connectivity index (χ2v) is 6.80. The predicted molar refractivity (Wildman–Crippen MR) is 103 cm³/mol. The lowest BCUT2D eigenvalue weighted by molar-refractivity contribution is 0.0378. The zero-order valence-electron chi connectivity index (χ0n) is 14.7. The zero-order chi connectivity index (χ0) is 17.8. The van der Waals surface area contributed by atoms with E-state index in [0.29, 0.717) is 5.56 Å². The Balaban J connectivity index is 1.62. The first-order valence-corrected chi connectivity index (χ1v) is 9.24. The molecule has 2 nitrogen and oxygen atoms in total. The van der Waals surface area contributed by atoms with Crippen molar-refractivity contribution in [1.82, 2.24) is 0 Å². The summed E-state index contributed by atoms with van der Waals surface area (Å²) in [5.41, 5.74) is 5.26. The second-order valence-electron chi connectivity index (χ2n) is 6.80. The molecule has 4 rings (SSSR count). The van der Waals surface area contributed by atoms with E-state index in [1.54, 1.807) is 0 Å². The largest absolute Gasteiger partial charge is 0.449 e. The summed E-state index contributed by atoms with van der Waals surface area (Å²) in [7, 11) is 0. The highest BCUT2D eigenvalue weighted by Gasteiger charge is 2.21. The van der Waals surface area contributed by atoms with Crippen molar-refractivity contribution in [1.29, 1.82) is 0 Å². The number of fused-ring (bicyclic) bond motifs is 1. The van der Waals surface area contributed by atoms with Gasteiger partial charge in [-0.2, -0.15) is 0 Å². The minimum absolute atomic E-state index is 0.268. The molecule has 0 fully saturated rings. The van der Waals surface area contributed by atoms with Crippen LogP contribution in [0.5, 0.6) is 0 Å². The predicted octanol–water partition coefficient (Wildman–Crippen LogP) is 5.51. The molecule has 1 aliphatic rings. The lowest BCUT2D eigenvalue weighted by Crippen LogP contribution is -2.14. The van der Waals surface area contributed by atoms with Crippen molar-refractivity contribution in [2.75, 3.05) is 0 Å². The van der Waals surface area contributed by atoms with E-state index in [1.807, 2.05) is 72.8 Å². The Bertz CT molecular complexity index is 845. The monoisotopic (exact) mass is 342 g/mol. The summed E-state index contributed by atoms with van der Waals surface area (Å²) >= 11 is 0. The average Bonchev–Trinajstić information content (AvgIpc) is 2.72. The third kappa shape index (κ3) is 3.55. The topological polar surface area (TPSA) is 26.3 Å². The summed E-state index contributed by atoms with van der Waals surface area (Å²) in [6.45, 7) is 0. The SMILES string of the molecule is O=C(OC(c1ccccc1)c1ccccc1)c1ccc2c(c1)CCCC2. The van der Waals surface area contributed by atoms with Gasteiger partial charge >= 0.3 is 5.97 Å². The number of aryl methyl sites for hydroxylation is 2. The van der Waals surface area contributed by atoms with Gasteiger partial charge in [-0.3, -0.25) is 0 Å². The number of ether oxygens (including phenoxy) is 1. The normalized spacial score (nSPS) is 13.3. The second kappa shape index (κ2) is 7.57. The molecule has 2 heteroatoms. The molecule has 0 unspecified atom stereocenters. The van der Waals surface area contributed by atoms with Gasteiger partial charge in [0, 0.05) is 0 Å². The quantitative estimate of drug-likeness (QED) is 0.584. The smallest absolute Gasteiger partial charge is 0.339 e. The molecule has 26 heavy (non-hydrogen) atoms. The van der Waals surface area contributed by atoms with Crippen LogP contribution in [0.3, 0.4) is 0 Å². The number of hydrogen-bond acceptors (Lipinski definition) is 2. The third-order valence-electron chi connectivity index (χ3n) is 5.01. The fourth-order valence-corrected chi connectivity index (χ4v) is 3.62. The highest BCUT2D eigenvalue weighted by molar-refractivity contribution is 5.90. The summed E-state index contributed by atoms with van der Waals surface area (Å²) in [5.74, 6) is -0.268. The molecule has 0 bridgehead atoms. The van der Waals surface area contributed by atoms with Crippen molar-refractivity contribution in [3.8, 4) is 0 Å². The molecule has 0 atom stereocenters. The minimum atomic E-state index is -0.402. The third-order valence-corrected chi connectivity index (χ3v) is 5.01. The van der Waals surface area contributed by atoms with Crippen molar-refractivity contribution in [2.24, 2.45) is 0 Å². The van der Waals surface area contributed by atoms with Crippen molar-refractivity contribution in [2.45, 2.75) is 31.8 Å². The number of carbonyl (C=O) groups is 1. The molecule has 3 aromatic carbocycles. The highest BCUT2D eigenvalue weighted by atomic mass is 16.5. The maximum absolute atomic E-state index is 12.9. The molecule has 1 aliphatic carbocycles. The fraction of sp³-hybridized carbons (Fsp3) is 0.208. The Kier molecular flexibility index (Phi) is 4.83. The maximum Gasteiger partial charge on any atom is 0.339 e. The van der Waals surface area contributed by atoms with Gasteiger partial charge in [0.2, 0.25) is 0 Å². The summed E-state index contributed by atoms with van der Waals surface area (Å²) in [6.07, 6.45) is 4.20. The van der Waals surface area contributed by atoms with Gasteiger partial charge in [0.1, 0.15) is 0 Å². The molecule has 130 valence electrons. The zero-order valence-corrected chi connectivity index (χ0v) is 14.7. The fourth-order valence-electron chi connectivity index (χ4n) is 3.62. The van der Waals surface area contributed by atoms with E-state index >= 15 is 0 Å². The van der Waals surface area contributed by atoms with Crippen molar-refractivity contribution < 1.29 is 9.53 Å². The van der Waals surface area contributed by atoms with Crippen LogP contribution >= 0.6 is 0 Å². The molecule has 0 saturated heterocycles. The molecule has 0 saturated carbocycles. The molecule has 0 radical (unpaired) electrons. The van der Waals surface area contributed by atoms with E-state index in [2.05, 4.69) is 6.07 Å². The first-order chi connectivity index (χ1) is 12.8. The van der Waals surface area contributed by atoms with Gasteiger partial charge in [-0.1, -0.05) is 66.7 Å². The Morgan fingerprint density at radius 3 is 1.92 bits per heavy atom. The number of rotatable bonds is 4. The van der Waals surface area contributed by atoms with Gasteiger partial charge in [0.15, 0.2) is 6.10 Å². The van der Waals surface area contributed by atoms with E-state index < -0.39 is 6.10 Å². The van der Waals surface area contributed by atoms with Crippen LogP contribution in [-0.2, 0) is 17.6 Å². The van der Waals surface area contributed by atoms with Gasteiger partial charge in [-0.15, -0.1) is 0 Å². The molecule has 0 heterocycles. The van der Waals surface area contributed by atoms with Crippen LogP contribution in [0, 0.1) is 0 Å². The van der Waals surface area contributed by atoms with Crippen molar-refractivity contribution >= 4 is 5.97 Å². The molecular formula is C24H22O2. The molecule has 0 spiro atoms. The van der Waals surface area contributed by atoms with E-state index in [4.69, 9.17) is 4.74 Å². The van der Waals surface area contributed by atoms with Crippen LogP contribution in [0.25, 0.3) is 0 Å². The number of hydrogen-bond donors (Lipinski definition) is 0. The molecular weight excluding hydrogens is 320 g/mol. The molecule has 0 N–H and O–H groups in total. The Labute approximate surface area is 154 Å². The van der Waals surface area contributed by atoms with Crippen LogP contribution in [0.4, 0.5) is 0 Å². The Morgan fingerprint density at radius 1 is 0.731 bits per heavy atom. The van der Waals surface area contributed by atoms with Gasteiger partial charge < -0.3 is 4.74 Å². The summed E-state index contributed by atoms with van der Waals surface area (Å²) in [5, 5.41) is 0. The van der Waals surface area contributed by atoms with Crippen LogP contribution in [-0.4, -0.2) is 5.97 Å². The van der Waals surface area contributed by atoms with Gasteiger partial charge in [-0.05, 0) is 60.1 Å². The van der Waals surface area contributed by atoms with Gasteiger partial charge in [0.25, 0.3) is 0 Å². The first-order valence-electron chi connectivity index (χ1n) is 9.24. The van der Waals surface area contributed by atoms with Crippen LogP contribution < -0.4 is 0 Å². The summed E-state index contributed by atoms with van der Waals surface area (Å²) in [6, 6.07) is 25.8. The highest BCUT2D eigenvalue weighted by Crippen LogP contribution is 2.28. The van der Waals surface area contributed by atoms with Crippen molar-refractivity contribution in [3.05, 3.63) is 107 Å². The van der Waals surface area contributed by atoms with E-state index in [1.165, 1.54) is 24.0 Å². The van der Waals surface area contributed by atoms with Crippen LogP contribution in [0.2, 0.25) is 0 Å². The molecule has 3 aromatic rings. The minimum Gasteiger partial charge on any atom is -0.449 e. The van der Waals surface area contributed by atoms with E-state index in [0.717, 1.165) is 24.0 Å². The maximum atomic E-state index is 12.9. The van der Waals surface area contributed by atoms with Crippen molar-refractivity contribution in [3.63, 3.8) is 0 Å². The number of benzene rings is 3. The average molecular weight is 342 g/mol.